The zero-order valence-electron chi connectivity index (χ0n) is 11.3. The third kappa shape index (κ3) is 3.45. The monoisotopic (exact) mass is 360 g/mol. The number of carbonyl (C=O) groups excluding carboxylic acids is 1. The summed E-state index contributed by atoms with van der Waals surface area (Å²) >= 11 is 9.38. The summed E-state index contributed by atoms with van der Waals surface area (Å²) in [5.74, 6) is -0.210. The summed E-state index contributed by atoms with van der Waals surface area (Å²) in [7, 11) is 0. The number of anilines is 1. The molecule has 1 unspecified atom stereocenters. The molecule has 20 heavy (non-hydrogen) atoms. The number of nitrogens with one attached hydrogen (secondary N) is 2. The first kappa shape index (κ1) is 15.6. The highest BCUT2D eigenvalue weighted by atomic mass is 79.9. The molecule has 4 nitrogen and oxygen atoms in total. The molecule has 2 rings (SSSR count). The number of esters is 1. The summed E-state index contributed by atoms with van der Waals surface area (Å²) in [5, 5.41) is 7.22. The van der Waals surface area contributed by atoms with Gasteiger partial charge in [-0.3, -0.25) is 0 Å². The number of carbonyl (C=O) groups is 1. The van der Waals surface area contributed by atoms with Crippen molar-refractivity contribution in [2.45, 2.75) is 25.3 Å². The molecule has 0 saturated carbocycles. The first-order valence-electron chi connectivity index (χ1n) is 6.68. The Kier molecular flexibility index (Phi) is 5.29. The Hall–Kier alpha value is -0.780. The SMILES string of the molecule is CCOC(=O)C1(Nc2ccc(Cl)c(Br)c2)CCCNC1. The van der Waals surface area contributed by atoms with Crippen LogP contribution >= 0.6 is 27.5 Å². The maximum absolute atomic E-state index is 12.3. The van der Waals surface area contributed by atoms with E-state index in [0.717, 1.165) is 29.5 Å². The molecule has 0 spiro atoms. The summed E-state index contributed by atoms with van der Waals surface area (Å²) in [6.07, 6.45) is 1.68. The zero-order chi connectivity index (χ0) is 14.6. The Balaban J connectivity index is 2.22. The van der Waals surface area contributed by atoms with Gasteiger partial charge in [0.2, 0.25) is 0 Å². The van der Waals surface area contributed by atoms with Crippen LogP contribution in [0.1, 0.15) is 19.8 Å². The Morgan fingerprint density at radius 3 is 3.00 bits per heavy atom. The number of rotatable bonds is 4. The number of halogens is 2. The van der Waals surface area contributed by atoms with Crippen LogP contribution in [0.25, 0.3) is 0 Å². The normalized spacial score (nSPS) is 22.4. The van der Waals surface area contributed by atoms with E-state index in [1.165, 1.54) is 0 Å². The van der Waals surface area contributed by atoms with Gasteiger partial charge in [-0.2, -0.15) is 0 Å². The molecule has 1 aliphatic heterocycles. The Labute approximate surface area is 132 Å². The van der Waals surface area contributed by atoms with E-state index < -0.39 is 5.54 Å². The molecule has 0 radical (unpaired) electrons. The molecule has 0 aliphatic carbocycles. The fourth-order valence-electron chi connectivity index (χ4n) is 2.36. The molecule has 0 bridgehead atoms. The summed E-state index contributed by atoms with van der Waals surface area (Å²) in [6.45, 7) is 3.69. The van der Waals surface area contributed by atoms with Crippen molar-refractivity contribution in [3.05, 3.63) is 27.7 Å². The lowest BCUT2D eigenvalue weighted by Crippen LogP contribution is -2.57. The number of benzene rings is 1. The predicted molar refractivity (Wildman–Crippen MR) is 84.2 cm³/mol. The van der Waals surface area contributed by atoms with Crippen LogP contribution in [0.3, 0.4) is 0 Å². The number of hydrogen-bond donors (Lipinski definition) is 2. The van der Waals surface area contributed by atoms with Crippen molar-refractivity contribution in [3.63, 3.8) is 0 Å². The van der Waals surface area contributed by atoms with Gasteiger partial charge in [0, 0.05) is 16.7 Å². The van der Waals surface area contributed by atoms with Crippen molar-refractivity contribution >= 4 is 39.2 Å². The van der Waals surface area contributed by atoms with E-state index in [-0.39, 0.29) is 5.97 Å². The third-order valence-corrected chi connectivity index (χ3v) is 4.57. The van der Waals surface area contributed by atoms with Gasteiger partial charge < -0.3 is 15.4 Å². The smallest absolute Gasteiger partial charge is 0.333 e. The van der Waals surface area contributed by atoms with E-state index in [9.17, 15) is 4.79 Å². The molecule has 6 heteroatoms. The highest BCUT2D eigenvalue weighted by Crippen LogP contribution is 2.29. The van der Waals surface area contributed by atoms with E-state index in [1.807, 2.05) is 19.1 Å². The predicted octanol–water partition coefficient (Wildman–Crippen LogP) is 3.20. The highest BCUT2D eigenvalue weighted by Gasteiger charge is 2.41. The number of ether oxygens (including phenoxy) is 1. The second kappa shape index (κ2) is 6.78. The molecule has 1 aromatic rings. The van der Waals surface area contributed by atoms with Gasteiger partial charge in [-0.25, -0.2) is 4.79 Å². The van der Waals surface area contributed by atoms with Crippen LogP contribution < -0.4 is 10.6 Å². The van der Waals surface area contributed by atoms with Gasteiger partial charge in [-0.05, 0) is 60.4 Å². The van der Waals surface area contributed by atoms with Crippen LogP contribution in [0.2, 0.25) is 5.02 Å². The van der Waals surface area contributed by atoms with Gasteiger partial charge in [0.1, 0.15) is 5.54 Å². The van der Waals surface area contributed by atoms with Crippen LogP contribution in [-0.2, 0) is 9.53 Å². The summed E-state index contributed by atoms with van der Waals surface area (Å²) in [4.78, 5) is 12.3. The van der Waals surface area contributed by atoms with Crippen LogP contribution in [0.4, 0.5) is 5.69 Å². The quantitative estimate of drug-likeness (QED) is 0.809. The lowest BCUT2D eigenvalue weighted by molar-refractivity contribution is -0.149. The Bertz CT molecular complexity index is 490. The topological polar surface area (TPSA) is 50.4 Å². The van der Waals surface area contributed by atoms with Crippen molar-refractivity contribution in [1.29, 1.82) is 0 Å². The van der Waals surface area contributed by atoms with Gasteiger partial charge in [-0.15, -0.1) is 0 Å². The molecular formula is C14H18BrClN2O2. The molecule has 1 aliphatic rings. The Morgan fingerprint density at radius 1 is 1.60 bits per heavy atom. The lowest BCUT2D eigenvalue weighted by Gasteiger charge is -2.36. The van der Waals surface area contributed by atoms with Crippen molar-refractivity contribution in [2.75, 3.05) is 25.0 Å². The fraction of sp³-hybridized carbons (Fsp3) is 0.500. The largest absolute Gasteiger partial charge is 0.464 e. The van der Waals surface area contributed by atoms with Gasteiger partial charge in [0.25, 0.3) is 0 Å². The first-order valence-corrected chi connectivity index (χ1v) is 7.86. The number of hydrogen-bond acceptors (Lipinski definition) is 4. The Morgan fingerprint density at radius 2 is 2.40 bits per heavy atom. The molecule has 1 aromatic carbocycles. The van der Waals surface area contributed by atoms with Gasteiger partial charge in [0.05, 0.1) is 11.6 Å². The molecule has 1 fully saturated rings. The van der Waals surface area contributed by atoms with Crippen molar-refractivity contribution in [3.8, 4) is 0 Å². The summed E-state index contributed by atoms with van der Waals surface area (Å²) < 4.78 is 6.03. The molecule has 2 N–H and O–H groups in total. The van der Waals surface area contributed by atoms with Crippen LogP contribution in [0.5, 0.6) is 0 Å². The van der Waals surface area contributed by atoms with E-state index in [4.69, 9.17) is 16.3 Å². The van der Waals surface area contributed by atoms with Crippen LogP contribution in [0, 0.1) is 0 Å². The van der Waals surface area contributed by atoms with Crippen molar-refractivity contribution in [1.82, 2.24) is 5.32 Å². The van der Waals surface area contributed by atoms with E-state index >= 15 is 0 Å². The molecule has 1 heterocycles. The van der Waals surface area contributed by atoms with Gasteiger partial charge in [-0.1, -0.05) is 11.6 Å². The molecule has 110 valence electrons. The average Bonchev–Trinajstić information content (AvgIpc) is 2.44. The van der Waals surface area contributed by atoms with E-state index in [2.05, 4.69) is 26.6 Å². The summed E-state index contributed by atoms with van der Waals surface area (Å²) in [5.41, 5.74) is 0.139. The molecule has 1 atom stereocenters. The van der Waals surface area contributed by atoms with Gasteiger partial charge in [0.15, 0.2) is 0 Å². The average molecular weight is 362 g/mol. The standard InChI is InChI=1S/C14H18BrClN2O2/c1-2-20-13(19)14(6-3-7-17-9-14)18-10-4-5-12(16)11(15)8-10/h4-5,8,17-18H,2-3,6-7,9H2,1H3. The molecule has 0 amide bonds. The van der Waals surface area contributed by atoms with Crippen LogP contribution in [-0.4, -0.2) is 31.2 Å². The van der Waals surface area contributed by atoms with Crippen LogP contribution in [0.15, 0.2) is 22.7 Å². The number of piperidine rings is 1. The minimum Gasteiger partial charge on any atom is -0.464 e. The third-order valence-electron chi connectivity index (χ3n) is 3.35. The maximum atomic E-state index is 12.3. The van der Waals surface area contributed by atoms with Gasteiger partial charge >= 0.3 is 5.97 Å². The lowest BCUT2D eigenvalue weighted by atomic mass is 9.89. The summed E-state index contributed by atoms with van der Waals surface area (Å²) in [6, 6.07) is 5.53. The van der Waals surface area contributed by atoms with E-state index in [1.54, 1.807) is 6.07 Å². The van der Waals surface area contributed by atoms with Crippen molar-refractivity contribution < 1.29 is 9.53 Å². The minimum atomic E-state index is -0.707. The maximum Gasteiger partial charge on any atom is 0.333 e. The highest BCUT2D eigenvalue weighted by molar-refractivity contribution is 9.10. The van der Waals surface area contributed by atoms with E-state index in [0.29, 0.717) is 18.2 Å². The second-order valence-electron chi connectivity index (χ2n) is 4.84. The second-order valence-corrected chi connectivity index (χ2v) is 6.10. The molecular weight excluding hydrogens is 344 g/mol. The molecule has 0 aromatic heterocycles. The minimum absolute atomic E-state index is 0.210. The van der Waals surface area contributed by atoms with Crippen molar-refractivity contribution in [2.24, 2.45) is 0 Å². The first-order chi connectivity index (χ1) is 9.57. The fourth-order valence-corrected chi connectivity index (χ4v) is 2.85. The zero-order valence-corrected chi connectivity index (χ0v) is 13.7. The molecule has 1 saturated heterocycles.